The number of carbonyl (C=O) groups excluding carboxylic acids is 3. The summed E-state index contributed by atoms with van der Waals surface area (Å²) in [6.45, 7) is 7.48. The van der Waals surface area contributed by atoms with Gasteiger partial charge in [-0.1, -0.05) is 13.8 Å². The van der Waals surface area contributed by atoms with Crippen LogP contribution in [-0.4, -0.2) is 35.3 Å². The Morgan fingerprint density at radius 2 is 1.82 bits per heavy atom. The summed E-state index contributed by atoms with van der Waals surface area (Å²) in [6, 6.07) is 0. The van der Waals surface area contributed by atoms with Crippen LogP contribution in [0.3, 0.4) is 0 Å². The molecule has 5 aliphatic rings. The monoisotopic (exact) mass is 386 g/mol. The molecule has 0 spiro atoms. The minimum absolute atomic E-state index is 0.0144. The molecule has 3 saturated carbocycles. The molecule has 0 radical (unpaired) electrons. The second kappa shape index (κ2) is 5.56. The number of Topliss-reactive ketones (excluding diaryl/α,β-unsaturated/α-hetero) is 1. The Hall–Kier alpha value is -1.49. The first-order valence-corrected chi connectivity index (χ1v) is 10.7. The van der Waals surface area contributed by atoms with Gasteiger partial charge in [0.05, 0.1) is 6.10 Å². The number of rotatable bonds is 2. The van der Waals surface area contributed by atoms with Gasteiger partial charge >= 0.3 is 5.97 Å². The zero-order valence-electron chi connectivity index (χ0n) is 17.2. The van der Waals surface area contributed by atoms with E-state index in [1.165, 1.54) is 12.5 Å². The molecule has 4 fully saturated rings. The van der Waals surface area contributed by atoms with E-state index in [1.807, 2.05) is 6.08 Å². The Balaban J connectivity index is 1.55. The van der Waals surface area contributed by atoms with Crippen LogP contribution in [0.1, 0.15) is 66.2 Å². The third kappa shape index (κ3) is 2.09. The van der Waals surface area contributed by atoms with Crippen molar-refractivity contribution < 1.29 is 23.9 Å². The van der Waals surface area contributed by atoms with Gasteiger partial charge in [-0.3, -0.25) is 14.4 Å². The molecule has 0 amide bonds. The van der Waals surface area contributed by atoms with E-state index in [0.29, 0.717) is 30.6 Å². The second-order valence-corrected chi connectivity index (χ2v) is 10.3. The first-order valence-electron chi connectivity index (χ1n) is 10.7. The molecule has 0 aromatic rings. The van der Waals surface area contributed by atoms with Crippen molar-refractivity contribution in [2.45, 2.75) is 84.0 Å². The summed E-state index contributed by atoms with van der Waals surface area (Å²) in [4.78, 5) is 36.8. The standard InChI is InChI=1S/C23H30O5/c1-12(24)23(28-13(2)25)10-7-16-18-15(6-9-22(16,23)4)21(3)8-5-14(26)11-17(21)19-20(18)27-19/h11,15-16,18-20H,5-10H2,1-4H3/t15?,16?,18?,19-,20+,21-,22+,23+/m1/s1. The summed E-state index contributed by atoms with van der Waals surface area (Å²) < 4.78 is 12.0. The molecule has 0 bridgehead atoms. The van der Waals surface area contributed by atoms with Crippen LogP contribution in [0, 0.1) is 28.6 Å². The van der Waals surface area contributed by atoms with Crippen LogP contribution in [0.4, 0.5) is 0 Å². The summed E-state index contributed by atoms with van der Waals surface area (Å²) in [6.07, 6.45) is 6.98. The number of carbonyl (C=O) groups is 3. The number of ketones is 2. The van der Waals surface area contributed by atoms with Gasteiger partial charge < -0.3 is 9.47 Å². The zero-order chi connectivity index (χ0) is 20.1. The van der Waals surface area contributed by atoms with E-state index in [4.69, 9.17) is 9.47 Å². The van der Waals surface area contributed by atoms with Gasteiger partial charge in [-0.25, -0.2) is 0 Å². The van der Waals surface area contributed by atoms with Gasteiger partial charge in [0.1, 0.15) is 6.10 Å². The van der Waals surface area contributed by atoms with Crippen LogP contribution in [0.25, 0.3) is 0 Å². The predicted molar refractivity (Wildman–Crippen MR) is 101 cm³/mol. The molecule has 8 atom stereocenters. The maximum atomic E-state index is 12.8. The van der Waals surface area contributed by atoms with Gasteiger partial charge in [0.15, 0.2) is 17.2 Å². The van der Waals surface area contributed by atoms with Gasteiger partial charge in [-0.2, -0.15) is 0 Å². The van der Waals surface area contributed by atoms with Crippen LogP contribution in [0.2, 0.25) is 0 Å². The molecule has 28 heavy (non-hydrogen) atoms. The maximum Gasteiger partial charge on any atom is 0.303 e. The summed E-state index contributed by atoms with van der Waals surface area (Å²) in [5.41, 5.74) is -0.113. The smallest absolute Gasteiger partial charge is 0.303 e. The summed E-state index contributed by atoms with van der Waals surface area (Å²) in [5.74, 6) is 0.981. The van der Waals surface area contributed by atoms with Crippen LogP contribution in [0.5, 0.6) is 0 Å². The first kappa shape index (κ1) is 18.5. The summed E-state index contributed by atoms with van der Waals surface area (Å²) in [7, 11) is 0. The molecular weight excluding hydrogens is 356 g/mol. The highest BCUT2D eigenvalue weighted by Crippen LogP contribution is 2.71. The molecule has 3 unspecified atom stereocenters. The molecule has 152 valence electrons. The lowest BCUT2D eigenvalue weighted by Crippen LogP contribution is -2.59. The van der Waals surface area contributed by atoms with E-state index in [0.717, 1.165) is 25.7 Å². The number of hydrogen-bond donors (Lipinski definition) is 0. The van der Waals surface area contributed by atoms with Crippen molar-refractivity contribution in [3.05, 3.63) is 11.6 Å². The molecule has 0 N–H and O–H groups in total. The Morgan fingerprint density at radius 3 is 2.50 bits per heavy atom. The van der Waals surface area contributed by atoms with E-state index in [9.17, 15) is 14.4 Å². The fourth-order valence-electron chi connectivity index (χ4n) is 7.87. The van der Waals surface area contributed by atoms with Crippen LogP contribution < -0.4 is 0 Å². The summed E-state index contributed by atoms with van der Waals surface area (Å²) >= 11 is 0. The molecule has 1 aliphatic heterocycles. The van der Waals surface area contributed by atoms with Gasteiger partial charge in [0.25, 0.3) is 0 Å². The third-order valence-corrected chi connectivity index (χ3v) is 9.24. The quantitative estimate of drug-likeness (QED) is 0.537. The van der Waals surface area contributed by atoms with E-state index < -0.39 is 5.60 Å². The fourth-order valence-corrected chi connectivity index (χ4v) is 7.87. The Labute approximate surface area is 166 Å². The van der Waals surface area contributed by atoms with Crippen molar-refractivity contribution in [2.75, 3.05) is 0 Å². The van der Waals surface area contributed by atoms with Crippen molar-refractivity contribution in [3.8, 4) is 0 Å². The van der Waals surface area contributed by atoms with Gasteiger partial charge in [-0.15, -0.1) is 0 Å². The molecule has 5 nitrogen and oxygen atoms in total. The van der Waals surface area contributed by atoms with Crippen molar-refractivity contribution in [1.82, 2.24) is 0 Å². The lowest BCUT2D eigenvalue weighted by molar-refractivity contribution is -0.187. The van der Waals surface area contributed by atoms with E-state index in [1.54, 1.807) is 6.92 Å². The SMILES string of the molecule is CC(=O)O[C@]1(C(C)=O)CCC2C3C(CC[C@@]21C)[C@@]1(C)CCC(=O)C=C1[C@H]1O[C@@H]31. The Kier molecular flexibility index (Phi) is 3.68. The average molecular weight is 386 g/mol. The first-order chi connectivity index (χ1) is 13.1. The number of ether oxygens (including phenoxy) is 2. The normalized spacial score (nSPS) is 51.2. The fraction of sp³-hybridized carbons (Fsp3) is 0.783. The lowest BCUT2D eigenvalue weighted by Gasteiger charge is -2.57. The van der Waals surface area contributed by atoms with Gasteiger partial charge in [0.2, 0.25) is 0 Å². The van der Waals surface area contributed by atoms with Crippen LogP contribution >= 0.6 is 0 Å². The number of fused-ring (bicyclic) bond motifs is 8. The zero-order valence-corrected chi connectivity index (χ0v) is 17.2. The average Bonchev–Trinajstić information content (AvgIpc) is 3.35. The molecular formula is C23H30O5. The van der Waals surface area contributed by atoms with Crippen molar-refractivity contribution in [3.63, 3.8) is 0 Å². The number of esters is 1. The topological polar surface area (TPSA) is 73.0 Å². The van der Waals surface area contributed by atoms with E-state index in [2.05, 4.69) is 13.8 Å². The molecule has 0 aromatic heterocycles. The minimum Gasteiger partial charge on any atom is -0.451 e. The maximum absolute atomic E-state index is 12.8. The second-order valence-electron chi connectivity index (χ2n) is 10.3. The predicted octanol–water partition coefficient (Wildman–Crippen LogP) is 3.40. The molecule has 5 heteroatoms. The highest BCUT2D eigenvalue weighted by Gasteiger charge is 2.73. The van der Waals surface area contributed by atoms with Crippen molar-refractivity contribution in [2.24, 2.45) is 28.6 Å². The van der Waals surface area contributed by atoms with Crippen LogP contribution in [-0.2, 0) is 23.9 Å². The van der Waals surface area contributed by atoms with Gasteiger partial charge in [-0.05, 0) is 73.8 Å². The number of hydrogen-bond acceptors (Lipinski definition) is 5. The largest absolute Gasteiger partial charge is 0.451 e. The summed E-state index contributed by atoms with van der Waals surface area (Å²) in [5, 5.41) is 0. The third-order valence-electron chi connectivity index (χ3n) is 9.24. The Morgan fingerprint density at radius 1 is 1.11 bits per heavy atom. The lowest BCUT2D eigenvalue weighted by atomic mass is 9.46. The van der Waals surface area contributed by atoms with E-state index >= 15 is 0 Å². The number of epoxide rings is 1. The minimum atomic E-state index is -1.00. The molecule has 1 saturated heterocycles. The van der Waals surface area contributed by atoms with E-state index in [-0.39, 0.29) is 40.6 Å². The molecule has 0 aromatic carbocycles. The molecule has 4 aliphatic carbocycles. The highest BCUT2D eigenvalue weighted by atomic mass is 16.6. The highest BCUT2D eigenvalue weighted by molar-refractivity contribution is 5.92. The Bertz CT molecular complexity index is 814. The molecule has 1 heterocycles. The van der Waals surface area contributed by atoms with Crippen LogP contribution in [0.15, 0.2) is 11.6 Å². The van der Waals surface area contributed by atoms with Crippen molar-refractivity contribution in [1.29, 1.82) is 0 Å². The molecule has 5 rings (SSSR count). The van der Waals surface area contributed by atoms with Gasteiger partial charge in [0, 0.05) is 18.8 Å². The van der Waals surface area contributed by atoms with Crippen molar-refractivity contribution >= 4 is 17.5 Å².